The molecule has 0 radical (unpaired) electrons. The van der Waals surface area contributed by atoms with E-state index in [1.165, 1.54) is 0 Å². The number of hydrogen-bond donors (Lipinski definition) is 1. The van der Waals surface area contributed by atoms with Crippen LogP contribution in [0.1, 0.15) is 28.4 Å². The molecule has 1 unspecified atom stereocenters. The van der Waals surface area contributed by atoms with E-state index < -0.39 is 0 Å². The van der Waals surface area contributed by atoms with Crippen molar-refractivity contribution in [2.45, 2.75) is 12.5 Å². The number of fused-ring (bicyclic) bond motifs is 1. The summed E-state index contributed by atoms with van der Waals surface area (Å²) in [5, 5.41) is 0. The number of hydrogen-bond acceptors (Lipinski definition) is 2. The van der Waals surface area contributed by atoms with Crippen LogP contribution in [-0.2, 0) is 0 Å². The molecule has 0 fully saturated rings. The first-order chi connectivity index (χ1) is 6.22. The van der Waals surface area contributed by atoms with Gasteiger partial charge in [0.25, 0.3) is 0 Å². The van der Waals surface area contributed by atoms with Crippen molar-refractivity contribution in [2.24, 2.45) is 0 Å². The molecule has 3 nitrogen and oxygen atoms in total. The predicted octanol–water partition coefficient (Wildman–Crippen LogP) is 0.565. The normalized spacial score (nSPS) is 20.2. The number of benzene rings is 1. The molecule has 1 aromatic carbocycles. The smallest absolute Gasteiger partial charge is 0.169 e. The number of ether oxygens (including phenoxy) is 1. The summed E-state index contributed by atoms with van der Waals surface area (Å²) in [6.45, 7) is 0. The lowest BCUT2D eigenvalue weighted by Gasteiger charge is -2.03. The van der Waals surface area contributed by atoms with Crippen molar-refractivity contribution >= 4 is 5.78 Å². The number of carbonyl (C=O) groups is 1. The summed E-state index contributed by atoms with van der Waals surface area (Å²) < 4.78 is 5.08. The van der Waals surface area contributed by atoms with Crippen LogP contribution in [0.25, 0.3) is 0 Å². The van der Waals surface area contributed by atoms with E-state index in [4.69, 9.17) is 4.74 Å². The zero-order valence-electron chi connectivity index (χ0n) is 7.54. The maximum Gasteiger partial charge on any atom is 0.169 e. The van der Waals surface area contributed by atoms with Crippen molar-refractivity contribution in [1.82, 2.24) is 0 Å². The molecule has 0 heterocycles. The molecule has 3 N–H and O–H groups in total. The Hall–Kier alpha value is -1.35. The first-order valence-electron chi connectivity index (χ1n) is 4.26. The Balaban J connectivity index is 2.52. The molecule has 3 heteroatoms. The van der Waals surface area contributed by atoms with Crippen molar-refractivity contribution in [3.8, 4) is 5.75 Å². The van der Waals surface area contributed by atoms with Gasteiger partial charge in [-0.1, -0.05) is 0 Å². The van der Waals surface area contributed by atoms with E-state index in [2.05, 4.69) is 5.73 Å². The molecular weight excluding hydrogens is 166 g/mol. The highest BCUT2D eigenvalue weighted by Crippen LogP contribution is 2.30. The van der Waals surface area contributed by atoms with Crippen LogP contribution in [0.15, 0.2) is 18.2 Å². The second-order valence-corrected chi connectivity index (χ2v) is 3.28. The monoisotopic (exact) mass is 178 g/mol. The Morgan fingerprint density at radius 2 is 2.31 bits per heavy atom. The number of quaternary nitrogens is 1. The molecule has 0 aromatic heterocycles. The highest BCUT2D eigenvalue weighted by molar-refractivity contribution is 6.01. The molecule has 0 bridgehead atoms. The summed E-state index contributed by atoms with van der Waals surface area (Å²) >= 11 is 0. The quantitative estimate of drug-likeness (QED) is 0.683. The predicted molar refractivity (Wildman–Crippen MR) is 47.6 cm³/mol. The zero-order valence-corrected chi connectivity index (χ0v) is 7.54. The molecular formula is C10H12NO2+. The molecule has 1 atom stereocenters. The fourth-order valence-corrected chi connectivity index (χ4v) is 1.70. The minimum absolute atomic E-state index is 0.0950. The van der Waals surface area contributed by atoms with Gasteiger partial charge in [0, 0.05) is 11.1 Å². The van der Waals surface area contributed by atoms with Gasteiger partial charge in [-0.2, -0.15) is 0 Å². The Kier molecular flexibility index (Phi) is 1.81. The number of ketones is 1. The van der Waals surface area contributed by atoms with Crippen molar-refractivity contribution < 1.29 is 15.3 Å². The van der Waals surface area contributed by atoms with E-state index in [1.54, 1.807) is 7.11 Å². The molecule has 1 aliphatic rings. The van der Waals surface area contributed by atoms with Crippen molar-refractivity contribution in [3.05, 3.63) is 29.3 Å². The molecule has 0 saturated heterocycles. The minimum Gasteiger partial charge on any atom is -0.497 e. The van der Waals surface area contributed by atoms with Gasteiger partial charge in [0.2, 0.25) is 0 Å². The molecule has 2 rings (SSSR count). The van der Waals surface area contributed by atoms with Gasteiger partial charge in [0.05, 0.1) is 13.5 Å². The third-order valence-electron chi connectivity index (χ3n) is 2.43. The largest absolute Gasteiger partial charge is 0.497 e. The first-order valence-corrected chi connectivity index (χ1v) is 4.26. The average molecular weight is 178 g/mol. The SMILES string of the molecule is COc1ccc2c(c1)C([NH3+])CC2=O. The third kappa shape index (κ3) is 1.21. The minimum atomic E-state index is 0.0950. The van der Waals surface area contributed by atoms with Gasteiger partial charge >= 0.3 is 0 Å². The number of methoxy groups -OCH3 is 1. The number of carbonyl (C=O) groups excluding carboxylic acids is 1. The maximum atomic E-state index is 11.4. The lowest BCUT2D eigenvalue weighted by molar-refractivity contribution is -0.423. The maximum absolute atomic E-state index is 11.4. The summed E-state index contributed by atoms with van der Waals surface area (Å²) in [7, 11) is 1.62. The van der Waals surface area contributed by atoms with Gasteiger partial charge < -0.3 is 10.5 Å². The summed E-state index contributed by atoms with van der Waals surface area (Å²) in [4.78, 5) is 11.4. The summed E-state index contributed by atoms with van der Waals surface area (Å²) in [6.07, 6.45) is 0.530. The molecule has 1 aliphatic carbocycles. The summed E-state index contributed by atoms with van der Waals surface area (Å²) in [5.74, 6) is 0.986. The Morgan fingerprint density at radius 3 is 3.00 bits per heavy atom. The molecule has 0 amide bonds. The average Bonchev–Trinajstić information content (AvgIpc) is 2.42. The molecule has 13 heavy (non-hydrogen) atoms. The highest BCUT2D eigenvalue weighted by Gasteiger charge is 2.29. The van der Waals surface area contributed by atoms with Crippen LogP contribution in [-0.4, -0.2) is 12.9 Å². The molecule has 1 aromatic rings. The van der Waals surface area contributed by atoms with E-state index >= 15 is 0 Å². The van der Waals surface area contributed by atoms with E-state index in [-0.39, 0.29) is 11.8 Å². The molecule has 0 aliphatic heterocycles. The van der Waals surface area contributed by atoms with Crippen LogP contribution in [0.3, 0.4) is 0 Å². The zero-order chi connectivity index (χ0) is 9.42. The third-order valence-corrected chi connectivity index (χ3v) is 2.43. The number of rotatable bonds is 1. The topological polar surface area (TPSA) is 53.9 Å². The van der Waals surface area contributed by atoms with Crippen molar-refractivity contribution in [1.29, 1.82) is 0 Å². The summed E-state index contributed by atoms with van der Waals surface area (Å²) in [6, 6.07) is 5.63. The first kappa shape index (κ1) is 8.26. The Morgan fingerprint density at radius 1 is 1.54 bits per heavy atom. The fraction of sp³-hybridized carbons (Fsp3) is 0.300. The van der Waals surface area contributed by atoms with Crippen LogP contribution in [0.5, 0.6) is 5.75 Å². The van der Waals surface area contributed by atoms with Gasteiger partial charge in [0.1, 0.15) is 11.8 Å². The van der Waals surface area contributed by atoms with Crippen LogP contribution in [0, 0.1) is 0 Å². The summed E-state index contributed by atoms with van der Waals surface area (Å²) in [5.41, 5.74) is 5.75. The molecule has 0 spiro atoms. The van der Waals surface area contributed by atoms with E-state index in [0.29, 0.717) is 6.42 Å². The lowest BCUT2D eigenvalue weighted by Crippen LogP contribution is -2.52. The van der Waals surface area contributed by atoms with Crippen LogP contribution in [0.2, 0.25) is 0 Å². The molecule has 68 valence electrons. The van der Waals surface area contributed by atoms with Crippen molar-refractivity contribution in [3.63, 3.8) is 0 Å². The van der Waals surface area contributed by atoms with Gasteiger partial charge in [-0.3, -0.25) is 4.79 Å². The Bertz CT molecular complexity index is 360. The van der Waals surface area contributed by atoms with Crippen LogP contribution < -0.4 is 10.5 Å². The second-order valence-electron chi connectivity index (χ2n) is 3.28. The standard InChI is InChI=1S/C10H11NO2/c1-13-6-2-3-7-8(4-6)9(11)5-10(7)12/h2-4,9H,5,11H2,1H3/p+1. The van der Waals surface area contributed by atoms with Gasteiger partial charge in [-0.15, -0.1) is 0 Å². The number of Topliss-reactive ketones (excluding diaryl/α,β-unsaturated/α-hetero) is 1. The van der Waals surface area contributed by atoms with Crippen LogP contribution >= 0.6 is 0 Å². The molecule has 0 saturated carbocycles. The van der Waals surface area contributed by atoms with E-state index in [0.717, 1.165) is 16.9 Å². The van der Waals surface area contributed by atoms with Crippen molar-refractivity contribution in [2.75, 3.05) is 7.11 Å². The van der Waals surface area contributed by atoms with Gasteiger partial charge in [-0.05, 0) is 18.2 Å². The van der Waals surface area contributed by atoms with E-state index in [1.807, 2.05) is 18.2 Å². The van der Waals surface area contributed by atoms with Crippen LogP contribution in [0.4, 0.5) is 0 Å². The van der Waals surface area contributed by atoms with Gasteiger partial charge in [-0.25, -0.2) is 0 Å². The lowest BCUT2D eigenvalue weighted by atomic mass is 10.1. The van der Waals surface area contributed by atoms with Gasteiger partial charge in [0.15, 0.2) is 5.78 Å². The highest BCUT2D eigenvalue weighted by atomic mass is 16.5. The van der Waals surface area contributed by atoms with E-state index in [9.17, 15) is 4.79 Å². The second kappa shape index (κ2) is 2.85. The Labute approximate surface area is 76.5 Å². The fourth-order valence-electron chi connectivity index (χ4n) is 1.70.